The van der Waals surface area contributed by atoms with E-state index in [9.17, 15) is 14.4 Å². The fourth-order valence-electron chi connectivity index (χ4n) is 1.77. The van der Waals surface area contributed by atoms with Gasteiger partial charge < -0.3 is 15.7 Å². The molecule has 1 unspecified atom stereocenters. The monoisotopic (exact) mass is 278 g/mol. The third-order valence-electron chi connectivity index (χ3n) is 2.98. The molecule has 0 aliphatic heterocycles. The summed E-state index contributed by atoms with van der Waals surface area (Å²) >= 11 is 0. The number of carboxylic acids is 1. The van der Waals surface area contributed by atoms with Gasteiger partial charge in [0.1, 0.15) is 6.04 Å². The number of carbonyl (C=O) groups is 3. The molecule has 1 rings (SSSR count). The van der Waals surface area contributed by atoms with Crippen LogP contribution in [-0.2, 0) is 9.59 Å². The Kier molecular flexibility index (Phi) is 4.85. The second kappa shape index (κ2) is 6.18. The van der Waals surface area contributed by atoms with Crippen LogP contribution in [0, 0.1) is 13.8 Å². The van der Waals surface area contributed by atoms with Crippen molar-refractivity contribution in [2.75, 3.05) is 5.32 Å². The van der Waals surface area contributed by atoms with E-state index < -0.39 is 17.9 Å². The lowest BCUT2D eigenvalue weighted by molar-refractivity contribution is -0.124. The normalized spacial score (nSPS) is 11.6. The quantitative estimate of drug-likeness (QED) is 0.777. The molecule has 6 heteroatoms. The van der Waals surface area contributed by atoms with Crippen molar-refractivity contribution in [3.63, 3.8) is 0 Å². The lowest BCUT2D eigenvalue weighted by Gasteiger charge is -2.14. The molecule has 0 aromatic heterocycles. The maximum atomic E-state index is 11.9. The topological polar surface area (TPSA) is 95.5 Å². The Balaban J connectivity index is 2.96. The molecular formula is C14H18N2O4. The van der Waals surface area contributed by atoms with Crippen molar-refractivity contribution >= 4 is 23.5 Å². The van der Waals surface area contributed by atoms with Gasteiger partial charge in [-0.15, -0.1) is 0 Å². The number of aryl methyl sites for hydroxylation is 1. The van der Waals surface area contributed by atoms with Crippen LogP contribution in [0.2, 0.25) is 0 Å². The van der Waals surface area contributed by atoms with Crippen LogP contribution in [0.4, 0.5) is 5.69 Å². The molecule has 1 atom stereocenters. The van der Waals surface area contributed by atoms with Crippen molar-refractivity contribution in [2.24, 2.45) is 0 Å². The van der Waals surface area contributed by atoms with Crippen LogP contribution in [0.3, 0.4) is 0 Å². The molecule has 0 heterocycles. The van der Waals surface area contributed by atoms with Crippen molar-refractivity contribution < 1.29 is 19.5 Å². The van der Waals surface area contributed by atoms with E-state index in [1.165, 1.54) is 13.0 Å². The SMILES string of the molecule is CC(=O)NC(C)C(=O)Nc1cc(C)c(C)c(C(=O)O)c1. The molecule has 2 amide bonds. The van der Waals surface area contributed by atoms with E-state index in [1.807, 2.05) is 0 Å². The zero-order valence-corrected chi connectivity index (χ0v) is 11.9. The van der Waals surface area contributed by atoms with Crippen LogP contribution in [0.15, 0.2) is 12.1 Å². The highest BCUT2D eigenvalue weighted by Gasteiger charge is 2.16. The van der Waals surface area contributed by atoms with Gasteiger partial charge in [0.2, 0.25) is 11.8 Å². The summed E-state index contributed by atoms with van der Waals surface area (Å²) in [6.07, 6.45) is 0. The molecule has 1 aromatic rings. The number of benzene rings is 1. The number of amides is 2. The highest BCUT2D eigenvalue weighted by molar-refractivity contribution is 5.98. The molecule has 0 fully saturated rings. The number of hydrogen-bond donors (Lipinski definition) is 3. The first-order valence-electron chi connectivity index (χ1n) is 6.15. The van der Waals surface area contributed by atoms with Crippen LogP contribution in [0.25, 0.3) is 0 Å². The number of hydrogen-bond acceptors (Lipinski definition) is 3. The Morgan fingerprint density at radius 2 is 1.80 bits per heavy atom. The highest BCUT2D eigenvalue weighted by atomic mass is 16.4. The fourth-order valence-corrected chi connectivity index (χ4v) is 1.77. The summed E-state index contributed by atoms with van der Waals surface area (Å²) in [6.45, 7) is 6.36. The van der Waals surface area contributed by atoms with E-state index in [0.29, 0.717) is 11.3 Å². The molecule has 0 saturated heterocycles. The molecule has 0 bridgehead atoms. The Bertz CT molecular complexity index is 567. The Morgan fingerprint density at radius 1 is 1.20 bits per heavy atom. The van der Waals surface area contributed by atoms with Crippen LogP contribution < -0.4 is 10.6 Å². The van der Waals surface area contributed by atoms with Crippen LogP contribution in [-0.4, -0.2) is 28.9 Å². The second-order valence-corrected chi connectivity index (χ2v) is 4.68. The van der Waals surface area contributed by atoms with Gasteiger partial charge in [-0.2, -0.15) is 0 Å². The number of carboxylic acid groups (broad SMARTS) is 1. The minimum absolute atomic E-state index is 0.146. The van der Waals surface area contributed by atoms with Crippen LogP contribution >= 0.6 is 0 Å². The van der Waals surface area contributed by atoms with Crippen molar-refractivity contribution in [3.05, 3.63) is 28.8 Å². The van der Waals surface area contributed by atoms with Gasteiger partial charge in [0.25, 0.3) is 0 Å². The van der Waals surface area contributed by atoms with E-state index in [-0.39, 0.29) is 11.5 Å². The average Bonchev–Trinajstić information content (AvgIpc) is 2.32. The van der Waals surface area contributed by atoms with Crippen LogP contribution in [0.1, 0.15) is 35.3 Å². The third-order valence-corrected chi connectivity index (χ3v) is 2.98. The minimum Gasteiger partial charge on any atom is -0.478 e. The minimum atomic E-state index is -1.04. The highest BCUT2D eigenvalue weighted by Crippen LogP contribution is 2.20. The second-order valence-electron chi connectivity index (χ2n) is 4.68. The standard InChI is InChI=1S/C14H18N2O4/c1-7-5-11(6-12(8(7)2)14(19)20)16-13(18)9(3)15-10(4)17/h5-6,9H,1-4H3,(H,15,17)(H,16,18)(H,19,20). The van der Waals surface area contributed by atoms with Gasteiger partial charge in [0.05, 0.1) is 5.56 Å². The summed E-state index contributed by atoms with van der Waals surface area (Å²) in [5.74, 6) is -1.75. The van der Waals surface area contributed by atoms with Crippen molar-refractivity contribution in [2.45, 2.75) is 33.7 Å². The molecule has 1 aromatic carbocycles. The zero-order valence-electron chi connectivity index (χ0n) is 11.9. The van der Waals surface area contributed by atoms with Crippen LogP contribution in [0.5, 0.6) is 0 Å². The smallest absolute Gasteiger partial charge is 0.336 e. The van der Waals surface area contributed by atoms with Gasteiger partial charge in [-0.25, -0.2) is 4.79 Å². The largest absolute Gasteiger partial charge is 0.478 e. The number of nitrogens with one attached hydrogen (secondary N) is 2. The van der Waals surface area contributed by atoms with E-state index in [1.54, 1.807) is 26.8 Å². The number of anilines is 1. The van der Waals surface area contributed by atoms with Gasteiger partial charge in [-0.3, -0.25) is 9.59 Å². The summed E-state index contributed by atoms with van der Waals surface area (Å²) in [7, 11) is 0. The summed E-state index contributed by atoms with van der Waals surface area (Å²) < 4.78 is 0. The number of carbonyl (C=O) groups excluding carboxylic acids is 2. The van der Waals surface area contributed by atoms with Gasteiger partial charge in [-0.1, -0.05) is 0 Å². The van der Waals surface area contributed by atoms with Crippen molar-refractivity contribution in [1.29, 1.82) is 0 Å². The molecule has 108 valence electrons. The third kappa shape index (κ3) is 3.81. The molecule has 0 aliphatic carbocycles. The Hall–Kier alpha value is -2.37. The lowest BCUT2D eigenvalue weighted by atomic mass is 10.0. The molecule has 0 radical (unpaired) electrons. The molecular weight excluding hydrogens is 260 g/mol. The summed E-state index contributed by atoms with van der Waals surface area (Å²) in [5.41, 5.74) is 1.97. The Morgan fingerprint density at radius 3 is 2.30 bits per heavy atom. The van der Waals surface area contributed by atoms with Gasteiger partial charge >= 0.3 is 5.97 Å². The number of aromatic carboxylic acids is 1. The van der Waals surface area contributed by atoms with E-state index in [0.717, 1.165) is 5.56 Å². The van der Waals surface area contributed by atoms with E-state index in [2.05, 4.69) is 10.6 Å². The molecule has 0 spiro atoms. The van der Waals surface area contributed by atoms with Crippen molar-refractivity contribution in [3.8, 4) is 0 Å². The summed E-state index contributed by atoms with van der Waals surface area (Å²) in [4.78, 5) is 33.9. The molecule has 0 saturated carbocycles. The first-order chi connectivity index (χ1) is 9.22. The predicted octanol–water partition coefficient (Wildman–Crippen LogP) is 1.46. The first kappa shape index (κ1) is 15.7. The average molecular weight is 278 g/mol. The van der Waals surface area contributed by atoms with E-state index in [4.69, 9.17) is 5.11 Å². The zero-order chi connectivity index (χ0) is 15.4. The van der Waals surface area contributed by atoms with Crippen molar-refractivity contribution in [1.82, 2.24) is 5.32 Å². The Labute approximate surface area is 117 Å². The van der Waals surface area contributed by atoms with Gasteiger partial charge in [-0.05, 0) is 44.0 Å². The summed E-state index contributed by atoms with van der Waals surface area (Å²) in [6, 6.07) is 2.41. The first-order valence-corrected chi connectivity index (χ1v) is 6.15. The predicted molar refractivity (Wildman–Crippen MR) is 74.8 cm³/mol. The molecule has 6 nitrogen and oxygen atoms in total. The van der Waals surface area contributed by atoms with Gasteiger partial charge in [0.15, 0.2) is 0 Å². The maximum Gasteiger partial charge on any atom is 0.336 e. The molecule has 0 aliphatic rings. The van der Waals surface area contributed by atoms with E-state index >= 15 is 0 Å². The fraction of sp³-hybridized carbons (Fsp3) is 0.357. The molecule has 20 heavy (non-hydrogen) atoms. The molecule has 3 N–H and O–H groups in total. The maximum absolute atomic E-state index is 11.9. The lowest BCUT2D eigenvalue weighted by Crippen LogP contribution is -2.40. The summed E-state index contributed by atoms with van der Waals surface area (Å²) in [5, 5.41) is 14.2. The number of rotatable bonds is 4. The van der Waals surface area contributed by atoms with Gasteiger partial charge in [0, 0.05) is 12.6 Å².